The zero-order valence-electron chi connectivity index (χ0n) is 26.8. The normalized spacial score (nSPS) is 20.0. The number of rotatable bonds is 12. The number of aliphatic imine (C=N–C) groups is 1. The van der Waals surface area contributed by atoms with Crippen LogP contribution < -0.4 is 10.4 Å². The fourth-order valence-electron chi connectivity index (χ4n) is 5.97. The molecular formula is C33H44N6O4Si. The molecule has 1 unspecified atom stereocenters. The number of ether oxygens (including phenoxy) is 3. The summed E-state index contributed by atoms with van der Waals surface area (Å²) < 4.78 is 28.2. The lowest BCUT2D eigenvalue weighted by Gasteiger charge is -2.43. The molecule has 1 aliphatic rings. The van der Waals surface area contributed by atoms with Gasteiger partial charge in [0.2, 0.25) is 0 Å². The van der Waals surface area contributed by atoms with Gasteiger partial charge in [0, 0.05) is 27.1 Å². The maximum Gasteiger partial charge on any atom is 0.261 e. The Morgan fingerprint density at radius 1 is 1.05 bits per heavy atom. The van der Waals surface area contributed by atoms with Gasteiger partial charge in [-0.05, 0) is 29.3 Å². The minimum absolute atomic E-state index is 0.163. The summed E-state index contributed by atoms with van der Waals surface area (Å²) in [5, 5.41) is 2.27. The van der Waals surface area contributed by atoms with E-state index in [1.54, 1.807) is 12.7 Å². The zero-order valence-corrected chi connectivity index (χ0v) is 27.8. The Labute approximate surface area is 261 Å². The lowest BCUT2D eigenvalue weighted by atomic mass is 10.2. The van der Waals surface area contributed by atoms with Gasteiger partial charge in [0.05, 0.1) is 25.4 Å². The smallest absolute Gasteiger partial charge is 0.261 e. The van der Waals surface area contributed by atoms with Crippen molar-refractivity contribution in [2.24, 2.45) is 4.99 Å². The van der Waals surface area contributed by atoms with Crippen molar-refractivity contribution in [2.75, 3.05) is 27.3 Å². The molecule has 1 fully saturated rings. The van der Waals surface area contributed by atoms with Crippen molar-refractivity contribution in [2.45, 2.75) is 70.8 Å². The predicted octanol–water partition coefficient (Wildman–Crippen LogP) is 4.68. The maximum absolute atomic E-state index is 7.27. The summed E-state index contributed by atoms with van der Waals surface area (Å²) in [5.74, 6) is 0.504. The third kappa shape index (κ3) is 6.62. The lowest BCUT2D eigenvalue weighted by molar-refractivity contribution is -0.172. The average molecular weight is 617 g/mol. The van der Waals surface area contributed by atoms with Gasteiger partial charge in [0.1, 0.15) is 18.7 Å². The number of hydrogen-bond acceptors (Lipinski definition) is 8. The molecule has 0 radical (unpaired) electrons. The molecule has 0 N–H and O–H groups in total. The Kier molecular flexibility index (Phi) is 9.91. The highest BCUT2D eigenvalue weighted by Crippen LogP contribution is 2.39. The van der Waals surface area contributed by atoms with Crippen LogP contribution in [0.2, 0.25) is 5.04 Å². The highest BCUT2D eigenvalue weighted by atomic mass is 28.4. The molecule has 44 heavy (non-hydrogen) atoms. The van der Waals surface area contributed by atoms with Gasteiger partial charge in [-0.15, -0.1) is 0 Å². The number of fused-ring (bicyclic) bond motifs is 1. The molecule has 2 aromatic heterocycles. The summed E-state index contributed by atoms with van der Waals surface area (Å²) >= 11 is 0. The van der Waals surface area contributed by atoms with Gasteiger partial charge in [-0.25, -0.2) is 19.9 Å². The van der Waals surface area contributed by atoms with Crippen molar-refractivity contribution in [1.29, 1.82) is 0 Å². The van der Waals surface area contributed by atoms with E-state index < -0.39 is 14.6 Å². The fourth-order valence-corrected chi connectivity index (χ4v) is 10.5. The highest BCUT2D eigenvalue weighted by molar-refractivity contribution is 6.99. The molecule has 1 aliphatic heterocycles. The summed E-state index contributed by atoms with van der Waals surface area (Å²) in [7, 11) is 1.03. The molecule has 11 heteroatoms. The first kappa shape index (κ1) is 31.9. The third-order valence-electron chi connectivity index (χ3n) is 7.89. The van der Waals surface area contributed by atoms with Gasteiger partial charge < -0.3 is 23.5 Å². The van der Waals surface area contributed by atoms with Gasteiger partial charge in [-0.3, -0.25) is 4.57 Å². The average Bonchev–Trinajstić information content (AvgIpc) is 3.61. The quantitative estimate of drug-likeness (QED) is 0.0980. The van der Waals surface area contributed by atoms with E-state index in [1.165, 1.54) is 16.7 Å². The van der Waals surface area contributed by atoms with Crippen molar-refractivity contribution in [1.82, 2.24) is 24.4 Å². The second-order valence-corrected chi connectivity index (χ2v) is 16.6. The van der Waals surface area contributed by atoms with Crippen LogP contribution in [0, 0.1) is 0 Å². The van der Waals surface area contributed by atoms with E-state index in [0.717, 1.165) is 0 Å². The summed E-state index contributed by atoms with van der Waals surface area (Å²) in [5.41, 5.74) is 1.27. The van der Waals surface area contributed by atoms with E-state index in [4.69, 9.17) is 18.6 Å². The number of hydrogen-bond donors (Lipinski definition) is 0. The molecule has 0 bridgehead atoms. The first-order valence-electron chi connectivity index (χ1n) is 15.2. The van der Waals surface area contributed by atoms with Crippen LogP contribution in [0.3, 0.4) is 0 Å². The van der Waals surface area contributed by atoms with Crippen LogP contribution in [0.5, 0.6) is 0 Å². The first-order chi connectivity index (χ1) is 21.1. The standard InChI is InChI=1S/C33H44N6O4Si/c1-8-40-24(2)42-27-19-29(39-23-36-30-31(37-22-38(6)7)34-21-35-32(30)39)43-28(27)20-41-44(33(3,4)5,25-15-11-9-12-16-25)26-17-13-10-14-18-26/h9-18,21-24,27-29H,8,19-20H2,1-7H3/t24-,27?,28+,29+/m0/s1. The Morgan fingerprint density at radius 3 is 2.30 bits per heavy atom. The van der Waals surface area contributed by atoms with Crippen molar-refractivity contribution in [3.05, 3.63) is 73.3 Å². The molecule has 4 aromatic rings. The van der Waals surface area contributed by atoms with Gasteiger partial charge in [-0.1, -0.05) is 81.4 Å². The minimum Gasteiger partial charge on any atom is -0.405 e. The van der Waals surface area contributed by atoms with E-state index in [-0.39, 0.29) is 23.5 Å². The van der Waals surface area contributed by atoms with Crippen molar-refractivity contribution < 1.29 is 18.6 Å². The first-order valence-corrected chi connectivity index (χ1v) is 17.1. The SMILES string of the molecule is CCO[C@H](C)OC1C[C@H](n2cnc3c(N=CN(C)C)ncnc32)O[C@@H]1CO[Si](c1ccccc1)(c1ccccc1)C(C)(C)C. The summed E-state index contributed by atoms with van der Waals surface area (Å²) in [6.45, 7) is 11.6. The van der Waals surface area contributed by atoms with Gasteiger partial charge in [0.25, 0.3) is 8.32 Å². The maximum atomic E-state index is 7.27. The van der Waals surface area contributed by atoms with Crippen LogP contribution in [0.25, 0.3) is 11.2 Å². The number of benzene rings is 2. The van der Waals surface area contributed by atoms with Gasteiger partial charge in [-0.2, -0.15) is 0 Å². The molecule has 3 heterocycles. The largest absolute Gasteiger partial charge is 0.405 e. The summed E-state index contributed by atoms with van der Waals surface area (Å²) in [4.78, 5) is 19.8. The molecule has 0 saturated carbocycles. The molecule has 10 nitrogen and oxygen atoms in total. The van der Waals surface area contributed by atoms with E-state index in [0.29, 0.717) is 36.6 Å². The second kappa shape index (κ2) is 13.7. The highest BCUT2D eigenvalue weighted by Gasteiger charge is 2.51. The molecule has 4 atom stereocenters. The Balaban J connectivity index is 1.48. The fraction of sp³-hybridized carbons (Fsp3) is 0.455. The Bertz CT molecular complexity index is 1490. The van der Waals surface area contributed by atoms with Crippen LogP contribution in [0.1, 0.15) is 47.3 Å². The molecule has 2 aromatic carbocycles. The van der Waals surface area contributed by atoms with E-state index in [9.17, 15) is 0 Å². The molecular weight excluding hydrogens is 572 g/mol. The van der Waals surface area contributed by atoms with Gasteiger partial charge in [0.15, 0.2) is 23.3 Å². The van der Waals surface area contributed by atoms with Crippen molar-refractivity contribution >= 4 is 42.0 Å². The minimum atomic E-state index is -2.79. The van der Waals surface area contributed by atoms with Crippen LogP contribution in [0.15, 0.2) is 78.3 Å². The summed E-state index contributed by atoms with van der Waals surface area (Å²) in [6, 6.07) is 21.3. The zero-order chi connectivity index (χ0) is 31.3. The number of nitrogens with zero attached hydrogens (tertiary/aromatic N) is 6. The van der Waals surface area contributed by atoms with E-state index >= 15 is 0 Å². The topological polar surface area (TPSA) is 96.1 Å². The van der Waals surface area contributed by atoms with Crippen molar-refractivity contribution in [3.8, 4) is 0 Å². The molecule has 0 aliphatic carbocycles. The molecule has 5 rings (SSSR count). The number of imidazole rings is 1. The summed E-state index contributed by atoms with van der Waals surface area (Å²) in [6.07, 6.45) is 4.14. The Hall–Kier alpha value is -3.48. The van der Waals surface area contributed by atoms with Crippen LogP contribution in [0.4, 0.5) is 5.82 Å². The van der Waals surface area contributed by atoms with Crippen LogP contribution in [-0.4, -0.2) is 84.9 Å². The molecule has 0 spiro atoms. The van der Waals surface area contributed by atoms with Crippen LogP contribution >= 0.6 is 0 Å². The lowest BCUT2D eigenvalue weighted by Crippen LogP contribution is -2.67. The van der Waals surface area contributed by atoms with Crippen molar-refractivity contribution in [3.63, 3.8) is 0 Å². The van der Waals surface area contributed by atoms with Crippen LogP contribution in [-0.2, 0) is 18.6 Å². The number of aromatic nitrogens is 4. The Morgan fingerprint density at radius 2 is 1.70 bits per heavy atom. The third-order valence-corrected chi connectivity index (χ3v) is 12.9. The second-order valence-electron chi connectivity index (χ2n) is 12.3. The monoisotopic (exact) mass is 616 g/mol. The predicted molar refractivity (Wildman–Crippen MR) is 175 cm³/mol. The molecule has 234 valence electrons. The van der Waals surface area contributed by atoms with E-state index in [2.05, 4.69) is 101 Å². The molecule has 0 amide bonds. The van der Waals surface area contributed by atoms with Gasteiger partial charge >= 0.3 is 0 Å². The molecule has 1 saturated heterocycles. The van der Waals surface area contributed by atoms with E-state index in [1.807, 2.05) is 37.4 Å².